The Morgan fingerprint density at radius 3 is 2.55 bits per heavy atom. The van der Waals surface area contributed by atoms with Crippen molar-refractivity contribution in [3.8, 4) is 0 Å². The molecule has 0 aliphatic heterocycles. The Hall–Kier alpha value is -0.390. The van der Waals surface area contributed by atoms with Crippen molar-refractivity contribution in [3.05, 3.63) is 34.3 Å². The summed E-state index contributed by atoms with van der Waals surface area (Å²) in [6, 6.07) is 7.52. The van der Waals surface area contributed by atoms with Crippen LogP contribution < -0.4 is 4.72 Å². The molecule has 1 aromatic carbocycles. The number of halogens is 1. The lowest BCUT2D eigenvalue weighted by atomic mass is 9.91. The van der Waals surface area contributed by atoms with Crippen LogP contribution in [0.1, 0.15) is 50.6 Å². The van der Waals surface area contributed by atoms with Crippen molar-refractivity contribution in [3.63, 3.8) is 0 Å². The number of benzene rings is 1. The highest BCUT2D eigenvalue weighted by molar-refractivity contribution is 9.10. The quantitative estimate of drug-likeness (QED) is 0.862. The second-order valence-electron chi connectivity index (χ2n) is 5.65. The molecule has 1 N–H and O–H groups in total. The highest BCUT2D eigenvalue weighted by Gasteiger charge is 2.23. The molecule has 0 heterocycles. The van der Waals surface area contributed by atoms with Crippen molar-refractivity contribution in [2.24, 2.45) is 5.92 Å². The lowest BCUT2D eigenvalue weighted by molar-refractivity contribution is 0.383. The van der Waals surface area contributed by atoms with E-state index >= 15 is 0 Å². The van der Waals surface area contributed by atoms with Crippen LogP contribution in [0, 0.1) is 5.92 Å². The van der Waals surface area contributed by atoms with Crippen LogP contribution in [-0.2, 0) is 10.0 Å². The highest BCUT2D eigenvalue weighted by Crippen LogP contribution is 2.26. The maximum Gasteiger partial charge on any atom is 0.212 e. The fraction of sp³-hybridized carbons (Fsp3) is 0.600. The molecule has 1 aliphatic rings. The average molecular weight is 360 g/mol. The van der Waals surface area contributed by atoms with Gasteiger partial charge in [0.1, 0.15) is 0 Å². The van der Waals surface area contributed by atoms with E-state index < -0.39 is 10.0 Å². The monoisotopic (exact) mass is 359 g/mol. The number of hydrogen-bond donors (Lipinski definition) is 1. The lowest BCUT2D eigenvalue weighted by Gasteiger charge is -2.23. The molecule has 0 radical (unpaired) electrons. The van der Waals surface area contributed by atoms with Gasteiger partial charge in [-0.2, -0.15) is 0 Å². The summed E-state index contributed by atoms with van der Waals surface area (Å²) >= 11 is 3.47. The Labute approximate surface area is 130 Å². The number of nitrogens with one attached hydrogen (secondary N) is 1. The Balaban J connectivity index is 1.98. The van der Waals surface area contributed by atoms with Gasteiger partial charge in [-0.15, -0.1) is 0 Å². The molecular weight excluding hydrogens is 338 g/mol. The first kappa shape index (κ1) is 16.0. The summed E-state index contributed by atoms with van der Waals surface area (Å²) in [4.78, 5) is 0. The van der Waals surface area contributed by atoms with Crippen LogP contribution >= 0.6 is 15.9 Å². The third-order valence-corrected chi connectivity index (χ3v) is 6.25. The van der Waals surface area contributed by atoms with Crippen molar-refractivity contribution in [2.45, 2.75) is 45.1 Å². The minimum absolute atomic E-state index is 0.209. The first-order chi connectivity index (χ1) is 9.48. The van der Waals surface area contributed by atoms with Crippen LogP contribution in [0.3, 0.4) is 0 Å². The summed E-state index contributed by atoms with van der Waals surface area (Å²) in [5, 5.41) is 0. The number of hydrogen-bond acceptors (Lipinski definition) is 2. The largest absolute Gasteiger partial charge is 0.212 e. The van der Waals surface area contributed by atoms with Crippen molar-refractivity contribution < 1.29 is 8.42 Å². The normalized spacial score (nSPS) is 18.9. The summed E-state index contributed by atoms with van der Waals surface area (Å²) in [6.45, 7) is 1.89. The van der Waals surface area contributed by atoms with Crippen molar-refractivity contribution in [2.75, 3.05) is 5.75 Å². The molecule has 5 heteroatoms. The zero-order chi connectivity index (χ0) is 14.6. The molecule has 1 aromatic rings. The van der Waals surface area contributed by atoms with Crippen molar-refractivity contribution in [1.29, 1.82) is 0 Å². The van der Waals surface area contributed by atoms with E-state index in [1.54, 1.807) is 0 Å². The molecule has 112 valence electrons. The van der Waals surface area contributed by atoms with E-state index in [1.165, 1.54) is 19.3 Å². The van der Waals surface area contributed by atoms with Crippen LogP contribution in [0.25, 0.3) is 0 Å². The van der Waals surface area contributed by atoms with E-state index in [4.69, 9.17) is 0 Å². The molecule has 0 spiro atoms. The fourth-order valence-corrected chi connectivity index (χ4v) is 5.22. The molecule has 1 aliphatic carbocycles. The van der Waals surface area contributed by atoms with Crippen LogP contribution in [0.4, 0.5) is 0 Å². The molecule has 1 saturated carbocycles. The van der Waals surface area contributed by atoms with Gasteiger partial charge in [0.05, 0.1) is 5.75 Å². The highest BCUT2D eigenvalue weighted by atomic mass is 79.9. The molecular formula is C15H22BrNO2S. The lowest BCUT2D eigenvalue weighted by Crippen LogP contribution is -2.32. The minimum Gasteiger partial charge on any atom is -0.212 e. The van der Waals surface area contributed by atoms with Gasteiger partial charge in [0.15, 0.2) is 0 Å². The Morgan fingerprint density at radius 1 is 1.25 bits per heavy atom. The predicted molar refractivity (Wildman–Crippen MR) is 86.1 cm³/mol. The third-order valence-electron chi connectivity index (χ3n) is 3.91. The predicted octanol–water partition coefficient (Wildman–Crippen LogP) is 4.01. The van der Waals surface area contributed by atoms with E-state index in [9.17, 15) is 8.42 Å². The number of sulfonamides is 1. The fourth-order valence-electron chi connectivity index (χ4n) is 2.87. The average Bonchev–Trinajstić information content (AvgIpc) is 2.39. The maximum absolute atomic E-state index is 12.3. The Morgan fingerprint density at radius 2 is 1.90 bits per heavy atom. The summed E-state index contributed by atoms with van der Waals surface area (Å²) in [5.41, 5.74) is 0.972. The molecule has 3 nitrogen and oxygen atoms in total. The van der Waals surface area contributed by atoms with Crippen molar-refractivity contribution in [1.82, 2.24) is 4.72 Å². The summed E-state index contributed by atoms with van der Waals surface area (Å²) in [7, 11) is -3.22. The molecule has 0 unspecified atom stereocenters. The first-order valence-corrected chi connectivity index (χ1v) is 9.67. The minimum atomic E-state index is -3.22. The Kier molecular flexibility index (Phi) is 5.64. The zero-order valence-corrected chi connectivity index (χ0v) is 14.2. The van der Waals surface area contributed by atoms with Gasteiger partial charge >= 0.3 is 0 Å². The van der Waals surface area contributed by atoms with Crippen LogP contribution in [-0.4, -0.2) is 14.2 Å². The topological polar surface area (TPSA) is 46.2 Å². The molecule has 1 fully saturated rings. The van der Waals surface area contributed by atoms with Gasteiger partial charge in [-0.05, 0) is 37.3 Å². The zero-order valence-electron chi connectivity index (χ0n) is 11.8. The summed E-state index contributed by atoms with van der Waals surface area (Å²) in [5.74, 6) is 0.592. The van der Waals surface area contributed by atoms with Gasteiger partial charge in [0.25, 0.3) is 0 Å². The van der Waals surface area contributed by atoms with E-state index in [0.29, 0.717) is 5.92 Å². The van der Waals surface area contributed by atoms with Crippen molar-refractivity contribution >= 4 is 26.0 Å². The van der Waals surface area contributed by atoms with Gasteiger partial charge < -0.3 is 0 Å². The van der Waals surface area contributed by atoms with Crippen LogP contribution in [0.5, 0.6) is 0 Å². The van der Waals surface area contributed by atoms with Crippen LogP contribution in [0.2, 0.25) is 0 Å². The number of rotatable bonds is 5. The standard InChI is InChI=1S/C15H22BrNO2S/c1-12(14-9-5-6-10-15(14)16)17-20(18,19)11-13-7-3-2-4-8-13/h5-6,9-10,12-13,17H,2-4,7-8,11H2,1H3/t12-/m0/s1. The summed E-state index contributed by atoms with van der Waals surface area (Å²) in [6.07, 6.45) is 5.67. The third kappa shape index (κ3) is 4.57. The second kappa shape index (κ2) is 7.05. The first-order valence-electron chi connectivity index (χ1n) is 7.22. The molecule has 1 atom stereocenters. The van der Waals surface area contributed by atoms with E-state index in [2.05, 4.69) is 20.7 Å². The Bertz CT molecular complexity index is 539. The van der Waals surface area contributed by atoms with Crippen LogP contribution in [0.15, 0.2) is 28.7 Å². The van der Waals surface area contributed by atoms with E-state index in [0.717, 1.165) is 22.9 Å². The maximum atomic E-state index is 12.3. The van der Waals surface area contributed by atoms with Gasteiger partial charge in [0.2, 0.25) is 10.0 Å². The molecule has 0 amide bonds. The molecule has 0 saturated heterocycles. The summed E-state index contributed by atoms with van der Waals surface area (Å²) < 4.78 is 28.3. The van der Waals surface area contributed by atoms with E-state index in [-0.39, 0.29) is 11.8 Å². The smallest absolute Gasteiger partial charge is 0.212 e. The molecule has 0 bridgehead atoms. The van der Waals surface area contributed by atoms with E-state index in [1.807, 2.05) is 31.2 Å². The molecule has 2 rings (SSSR count). The molecule has 20 heavy (non-hydrogen) atoms. The van der Waals surface area contributed by atoms with Gasteiger partial charge in [0, 0.05) is 10.5 Å². The van der Waals surface area contributed by atoms with Gasteiger partial charge in [-0.25, -0.2) is 13.1 Å². The second-order valence-corrected chi connectivity index (χ2v) is 8.30. The van der Waals surface area contributed by atoms with Gasteiger partial charge in [-0.1, -0.05) is 53.4 Å². The SMILES string of the molecule is C[C@H](NS(=O)(=O)CC1CCCCC1)c1ccccc1Br. The molecule has 0 aromatic heterocycles. The van der Waals surface area contributed by atoms with Gasteiger partial charge in [-0.3, -0.25) is 0 Å².